The van der Waals surface area contributed by atoms with Gasteiger partial charge in [-0.2, -0.15) is 0 Å². The number of halogens is 1. The highest BCUT2D eigenvalue weighted by atomic mass is 79.9. The summed E-state index contributed by atoms with van der Waals surface area (Å²) >= 11 is 5.26. The molecule has 2 rings (SSSR count). The monoisotopic (exact) mass is 298 g/mol. The van der Waals surface area contributed by atoms with Crippen molar-refractivity contribution in [3.8, 4) is 0 Å². The predicted octanol–water partition coefficient (Wildman–Crippen LogP) is 3.60. The van der Waals surface area contributed by atoms with E-state index in [-0.39, 0.29) is 0 Å². The molecule has 0 spiro atoms. The molecular weight excluding hydrogens is 284 g/mol. The first-order chi connectivity index (χ1) is 7.69. The van der Waals surface area contributed by atoms with Gasteiger partial charge in [-0.1, -0.05) is 22.9 Å². The van der Waals surface area contributed by atoms with Gasteiger partial charge in [0.2, 0.25) is 0 Å². The van der Waals surface area contributed by atoms with Crippen molar-refractivity contribution in [1.82, 2.24) is 10.3 Å². The summed E-state index contributed by atoms with van der Waals surface area (Å²) < 4.78 is 2.36. The van der Waals surface area contributed by atoms with Crippen LogP contribution in [0.25, 0.3) is 10.2 Å². The van der Waals surface area contributed by atoms with E-state index >= 15 is 0 Å². The lowest BCUT2D eigenvalue weighted by atomic mass is 10.2. The number of rotatable bonds is 4. The van der Waals surface area contributed by atoms with Crippen LogP contribution in [-0.4, -0.2) is 17.6 Å². The summed E-state index contributed by atoms with van der Waals surface area (Å²) in [6, 6.07) is 6.76. The number of likely N-dealkylation sites (N-methyl/N-ethyl adjacent to an activating group) is 1. The minimum absolute atomic E-state index is 0.494. The smallest absolute Gasteiger partial charge is 0.0954 e. The molecule has 0 amide bonds. The van der Waals surface area contributed by atoms with Gasteiger partial charge in [0.05, 0.1) is 15.2 Å². The van der Waals surface area contributed by atoms with Crippen LogP contribution in [-0.2, 0) is 6.42 Å². The minimum atomic E-state index is 0.494. The average Bonchev–Trinajstić information content (AvgIpc) is 2.59. The fourth-order valence-electron chi connectivity index (χ4n) is 1.72. The van der Waals surface area contributed by atoms with Crippen molar-refractivity contribution in [1.29, 1.82) is 0 Å². The lowest BCUT2D eigenvalue weighted by Gasteiger charge is -2.08. The Bertz CT molecular complexity index is 481. The van der Waals surface area contributed by atoms with Crippen LogP contribution in [0.3, 0.4) is 0 Å². The molecule has 0 saturated heterocycles. The van der Waals surface area contributed by atoms with Crippen molar-refractivity contribution in [3.63, 3.8) is 0 Å². The fourth-order valence-corrected chi connectivity index (χ4v) is 3.14. The molecule has 1 unspecified atom stereocenters. The molecule has 2 nitrogen and oxygen atoms in total. The maximum atomic E-state index is 4.64. The predicted molar refractivity (Wildman–Crippen MR) is 74.2 cm³/mol. The number of hydrogen-bond donors (Lipinski definition) is 1. The molecule has 0 aliphatic carbocycles. The minimum Gasteiger partial charge on any atom is -0.314 e. The number of benzene rings is 1. The second kappa shape index (κ2) is 5.25. The number of hydrogen-bond acceptors (Lipinski definition) is 3. The lowest BCUT2D eigenvalue weighted by Crippen LogP contribution is -2.27. The molecular formula is C12H15BrN2S. The molecule has 1 aromatic carbocycles. The largest absolute Gasteiger partial charge is 0.314 e. The number of thiazole rings is 1. The van der Waals surface area contributed by atoms with Gasteiger partial charge in [-0.15, -0.1) is 11.3 Å². The van der Waals surface area contributed by atoms with E-state index in [1.165, 1.54) is 9.71 Å². The highest BCUT2D eigenvalue weighted by Crippen LogP contribution is 2.25. The highest BCUT2D eigenvalue weighted by molar-refractivity contribution is 9.10. The molecule has 1 atom stereocenters. The van der Waals surface area contributed by atoms with Gasteiger partial charge in [-0.25, -0.2) is 4.98 Å². The van der Waals surface area contributed by atoms with Gasteiger partial charge in [-0.3, -0.25) is 0 Å². The maximum absolute atomic E-state index is 4.64. The standard InChI is InChI=1S/C12H15BrN2S/c1-3-14-8(2)6-12-15-10-7-9(13)4-5-11(10)16-12/h4-5,7-8,14H,3,6H2,1-2H3. The highest BCUT2D eigenvalue weighted by Gasteiger charge is 2.07. The zero-order valence-corrected chi connectivity index (χ0v) is 11.9. The second-order valence-corrected chi connectivity index (χ2v) is 5.91. The van der Waals surface area contributed by atoms with Crippen molar-refractivity contribution < 1.29 is 0 Å². The first-order valence-corrected chi connectivity index (χ1v) is 7.08. The van der Waals surface area contributed by atoms with Crippen LogP contribution in [0.4, 0.5) is 0 Å². The first-order valence-electron chi connectivity index (χ1n) is 5.47. The Hall–Kier alpha value is -0.450. The van der Waals surface area contributed by atoms with Gasteiger partial charge < -0.3 is 5.32 Å². The molecule has 0 aliphatic rings. The van der Waals surface area contributed by atoms with E-state index in [9.17, 15) is 0 Å². The van der Waals surface area contributed by atoms with E-state index in [2.05, 4.69) is 58.3 Å². The van der Waals surface area contributed by atoms with E-state index < -0.39 is 0 Å². The molecule has 0 fully saturated rings. The summed E-state index contributed by atoms with van der Waals surface area (Å²) in [6.07, 6.45) is 1.00. The zero-order chi connectivity index (χ0) is 11.5. The third-order valence-electron chi connectivity index (χ3n) is 2.43. The van der Waals surface area contributed by atoms with E-state index in [1.807, 2.05) is 0 Å². The van der Waals surface area contributed by atoms with E-state index in [4.69, 9.17) is 0 Å². The lowest BCUT2D eigenvalue weighted by molar-refractivity contribution is 0.564. The van der Waals surface area contributed by atoms with Crippen LogP contribution in [0.2, 0.25) is 0 Å². The van der Waals surface area contributed by atoms with Crippen molar-refractivity contribution in [2.75, 3.05) is 6.54 Å². The number of nitrogens with zero attached hydrogens (tertiary/aromatic N) is 1. The summed E-state index contributed by atoms with van der Waals surface area (Å²) in [5, 5.41) is 4.62. The molecule has 16 heavy (non-hydrogen) atoms. The van der Waals surface area contributed by atoms with Crippen LogP contribution < -0.4 is 5.32 Å². The maximum Gasteiger partial charge on any atom is 0.0954 e. The molecule has 2 aromatic rings. The molecule has 1 aromatic heterocycles. The Balaban J connectivity index is 2.19. The molecule has 0 bridgehead atoms. The topological polar surface area (TPSA) is 24.9 Å². The molecule has 0 radical (unpaired) electrons. The molecule has 1 heterocycles. The Labute approximate surface area is 108 Å². The number of nitrogens with one attached hydrogen (secondary N) is 1. The Morgan fingerprint density at radius 1 is 1.50 bits per heavy atom. The van der Waals surface area contributed by atoms with Crippen LogP contribution in [0.5, 0.6) is 0 Å². The van der Waals surface area contributed by atoms with E-state index in [0.29, 0.717) is 6.04 Å². The average molecular weight is 299 g/mol. The van der Waals surface area contributed by atoms with Gasteiger partial charge in [0.15, 0.2) is 0 Å². The summed E-state index contributed by atoms with van der Waals surface area (Å²) in [5.41, 5.74) is 1.10. The molecule has 4 heteroatoms. The Kier molecular flexibility index (Phi) is 3.95. The summed E-state index contributed by atoms with van der Waals surface area (Å²) in [6.45, 7) is 5.34. The third-order valence-corrected chi connectivity index (χ3v) is 3.98. The normalized spacial score (nSPS) is 13.2. The summed E-state index contributed by atoms with van der Waals surface area (Å²) in [5.74, 6) is 0. The Morgan fingerprint density at radius 2 is 2.31 bits per heavy atom. The number of aromatic nitrogens is 1. The third kappa shape index (κ3) is 2.81. The van der Waals surface area contributed by atoms with Gasteiger partial charge in [0, 0.05) is 16.9 Å². The molecule has 86 valence electrons. The Morgan fingerprint density at radius 3 is 3.06 bits per heavy atom. The van der Waals surface area contributed by atoms with Gasteiger partial charge in [0.25, 0.3) is 0 Å². The second-order valence-electron chi connectivity index (χ2n) is 3.88. The van der Waals surface area contributed by atoms with Crippen molar-refractivity contribution in [3.05, 3.63) is 27.7 Å². The van der Waals surface area contributed by atoms with Crippen LogP contribution in [0, 0.1) is 0 Å². The molecule has 0 saturated carbocycles. The molecule has 0 aliphatic heterocycles. The summed E-state index contributed by atoms with van der Waals surface area (Å²) in [4.78, 5) is 4.64. The van der Waals surface area contributed by atoms with E-state index in [1.54, 1.807) is 11.3 Å². The molecule has 1 N–H and O–H groups in total. The van der Waals surface area contributed by atoms with Gasteiger partial charge in [-0.05, 0) is 31.7 Å². The summed E-state index contributed by atoms with van der Waals surface area (Å²) in [7, 11) is 0. The van der Waals surface area contributed by atoms with Crippen molar-refractivity contribution in [2.45, 2.75) is 26.3 Å². The van der Waals surface area contributed by atoms with Crippen LogP contribution in [0.1, 0.15) is 18.9 Å². The first kappa shape index (κ1) is 12.0. The zero-order valence-electron chi connectivity index (χ0n) is 9.46. The van der Waals surface area contributed by atoms with Crippen LogP contribution in [0.15, 0.2) is 22.7 Å². The van der Waals surface area contributed by atoms with Gasteiger partial charge in [0.1, 0.15) is 0 Å². The number of fused-ring (bicyclic) bond motifs is 1. The van der Waals surface area contributed by atoms with Gasteiger partial charge >= 0.3 is 0 Å². The van der Waals surface area contributed by atoms with Crippen LogP contribution >= 0.6 is 27.3 Å². The van der Waals surface area contributed by atoms with Crippen molar-refractivity contribution in [2.24, 2.45) is 0 Å². The quantitative estimate of drug-likeness (QED) is 0.933. The SMILES string of the molecule is CCNC(C)Cc1nc2cc(Br)ccc2s1. The van der Waals surface area contributed by atoms with E-state index in [0.717, 1.165) is 23.0 Å². The van der Waals surface area contributed by atoms with Crippen molar-refractivity contribution >= 4 is 37.5 Å². The fraction of sp³-hybridized carbons (Fsp3) is 0.417.